The highest BCUT2D eigenvalue weighted by molar-refractivity contribution is 6.03. The minimum Gasteiger partial charge on any atom is -0.297 e. The Bertz CT molecular complexity index is 577. The maximum absolute atomic E-state index is 12.5. The Morgan fingerprint density at radius 1 is 0.944 bits per heavy atom. The number of carbonyl (C=O) groups is 1. The smallest absolute Gasteiger partial charge is 0.184 e. The van der Waals surface area contributed by atoms with Crippen LogP contribution in [0.1, 0.15) is 40.5 Å². The lowest BCUT2D eigenvalue weighted by molar-refractivity contribution is 0.0921. The molecule has 2 atom stereocenters. The van der Waals surface area contributed by atoms with Gasteiger partial charge in [-0.05, 0) is 18.1 Å². The SMILES string of the molecule is CC1NC(c2ccccc2)C(=O)c2ccccc21. The van der Waals surface area contributed by atoms with Crippen LogP contribution in [-0.4, -0.2) is 5.78 Å². The lowest BCUT2D eigenvalue weighted by atomic mass is 9.87. The Morgan fingerprint density at radius 3 is 2.39 bits per heavy atom. The van der Waals surface area contributed by atoms with Gasteiger partial charge in [0.1, 0.15) is 0 Å². The van der Waals surface area contributed by atoms with Crippen LogP contribution >= 0.6 is 0 Å². The van der Waals surface area contributed by atoms with Gasteiger partial charge >= 0.3 is 0 Å². The Kier molecular flexibility index (Phi) is 2.73. The van der Waals surface area contributed by atoms with Crippen LogP contribution in [0, 0.1) is 0 Å². The van der Waals surface area contributed by atoms with Gasteiger partial charge in [0.25, 0.3) is 0 Å². The summed E-state index contributed by atoms with van der Waals surface area (Å²) in [5.41, 5.74) is 2.97. The van der Waals surface area contributed by atoms with Crippen molar-refractivity contribution < 1.29 is 4.79 Å². The first kappa shape index (κ1) is 11.2. The Balaban J connectivity index is 2.05. The highest BCUT2D eigenvalue weighted by Gasteiger charge is 2.31. The topological polar surface area (TPSA) is 29.1 Å². The summed E-state index contributed by atoms with van der Waals surface area (Å²) in [7, 11) is 0. The molecule has 0 bridgehead atoms. The zero-order valence-corrected chi connectivity index (χ0v) is 10.3. The molecule has 0 aromatic heterocycles. The molecule has 0 saturated carbocycles. The van der Waals surface area contributed by atoms with E-state index >= 15 is 0 Å². The highest BCUT2D eigenvalue weighted by Crippen LogP contribution is 2.31. The summed E-state index contributed by atoms with van der Waals surface area (Å²) in [6.07, 6.45) is 0. The molecule has 0 fully saturated rings. The fraction of sp³-hybridized carbons (Fsp3) is 0.188. The summed E-state index contributed by atoms with van der Waals surface area (Å²) in [6.45, 7) is 2.10. The summed E-state index contributed by atoms with van der Waals surface area (Å²) in [5, 5.41) is 3.39. The minimum atomic E-state index is -0.226. The summed E-state index contributed by atoms with van der Waals surface area (Å²) in [5.74, 6) is 0.162. The molecule has 0 saturated heterocycles. The van der Waals surface area contributed by atoms with Gasteiger partial charge in [0.15, 0.2) is 5.78 Å². The van der Waals surface area contributed by atoms with Crippen LogP contribution in [0.4, 0.5) is 0 Å². The molecule has 2 unspecified atom stereocenters. The van der Waals surface area contributed by atoms with Crippen LogP contribution in [0.25, 0.3) is 0 Å². The number of Topliss-reactive ketones (excluding diaryl/α,β-unsaturated/α-hetero) is 1. The Labute approximate surface area is 107 Å². The number of hydrogen-bond acceptors (Lipinski definition) is 2. The van der Waals surface area contributed by atoms with Gasteiger partial charge in [0, 0.05) is 11.6 Å². The molecule has 1 heterocycles. The number of benzene rings is 2. The second-order valence-electron chi connectivity index (χ2n) is 4.68. The molecule has 3 rings (SSSR count). The van der Waals surface area contributed by atoms with Crippen LogP contribution in [-0.2, 0) is 0 Å². The second kappa shape index (κ2) is 4.39. The van der Waals surface area contributed by atoms with E-state index in [2.05, 4.69) is 12.2 Å². The molecule has 0 aliphatic carbocycles. The third-order valence-corrected chi connectivity index (χ3v) is 3.50. The van der Waals surface area contributed by atoms with Gasteiger partial charge in [0.05, 0.1) is 6.04 Å². The fourth-order valence-electron chi connectivity index (χ4n) is 2.56. The maximum atomic E-state index is 12.5. The average molecular weight is 237 g/mol. The lowest BCUT2D eigenvalue weighted by Crippen LogP contribution is -2.36. The van der Waals surface area contributed by atoms with Gasteiger partial charge in [-0.15, -0.1) is 0 Å². The van der Waals surface area contributed by atoms with Gasteiger partial charge in [-0.2, -0.15) is 0 Å². The first-order valence-electron chi connectivity index (χ1n) is 6.21. The number of ketones is 1. The highest BCUT2D eigenvalue weighted by atomic mass is 16.1. The van der Waals surface area contributed by atoms with E-state index in [0.29, 0.717) is 0 Å². The number of hydrogen-bond donors (Lipinski definition) is 1. The summed E-state index contributed by atoms with van der Waals surface area (Å²) in [4.78, 5) is 12.5. The average Bonchev–Trinajstić information content (AvgIpc) is 2.44. The number of carbonyl (C=O) groups excluding carboxylic acids is 1. The van der Waals surface area contributed by atoms with Crippen LogP contribution in [0.3, 0.4) is 0 Å². The summed E-state index contributed by atoms with van der Waals surface area (Å²) < 4.78 is 0. The molecule has 0 radical (unpaired) electrons. The first-order chi connectivity index (χ1) is 8.77. The zero-order chi connectivity index (χ0) is 12.5. The van der Waals surface area contributed by atoms with E-state index in [9.17, 15) is 4.79 Å². The van der Waals surface area contributed by atoms with Crippen LogP contribution < -0.4 is 5.32 Å². The summed E-state index contributed by atoms with van der Waals surface area (Å²) in [6, 6.07) is 17.7. The van der Waals surface area contributed by atoms with Crippen molar-refractivity contribution in [1.82, 2.24) is 5.32 Å². The molecule has 90 valence electrons. The van der Waals surface area contributed by atoms with Crippen LogP contribution in [0.5, 0.6) is 0 Å². The molecule has 0 amide bonds. The molecule has 1 aliphatic heterocycles. The third-order valence-electron chi connectivity index (χ3n) is 3.50. The standard InChI is InChI=1S/C16H15NO/c1-11-13-9-5-6-10-14(13)16(18)15(17-11)12-7-3-2-4-8-12/h2-11,15,17H,1H3. The van der Waals surface area contributed by atoms with E-state index in [1.807, 2.05) is 54.6 Å². The first-order valence-corrected chi connectivity index (χ1v) is 6.21. The van der Waals surface area contributed by atoms with Crippen molar-refractivity contribution in [2.75, 3.05) is 0 Å². The van der Waals surface area contributed by atoms with E-state index in [1.165, 1.54) is 0 Å². The molecule has 2 heteroatoms. The normalized spacial score (nSPS) is 22.6. The van der Waals surface area contributed by atoms with Gasteiger partial charge in [-0.25, -0.2) is 0 Å². The monoisotopic (exact) mass is 237 g/mol. The summed E-state index contributed by atoms with van der Waals surface area (Å²) >= 11 is 0. The number of rotatable bonds is 1. The van der Waals surface area contributed by atoms with Crippen molar-refractivity contribution in [3.8, 4) is 0 Å². The van der Waals surface area contributed by atoms with E-state index in [0.717, 1.165) is 16.7 Å². The van der Waals surface area contributed by atoms with Crippen molar-refractivity contribution in [1.29, 1.82) is 0 Å². The van der Waals surface area contributed by atoms with Gasteiger partial charge in [-0.1, -0.05) is 54.6 Å². The van der Waals surface area contributed by atoms with Crippen molar-refractivity contribution >= 4 is 5.78 Å². The molecule has 1 aliphatic rings. The lowest BCUT2D eigenvalue weighted by Gasteiger charge is -2.30. The van der Waals surface area contributed by atoms with Crippen LogP contribution in [0.15, 0.2) is 54.6 Å². The molecule has 2 nitrogen and oxygen atoms in total. The van der Waals surface area contributed by atoms with Crippen molar-refractivity contribution in [2.45, 2.75) is 19.0 Å². The van der Waals surface area contributed by atoms with E-state index in [4.69, 9.17) is 0 Å². The molecular formula is C16H15NO. The molecular weight excluding hydrogens is 222 g/mol. The van der Waals surface area contributed by atoms with Crippen molar-refractivity contribution in [3.05, 3.63) is 71.3 Å². The Morgan fingerprint density at radius 2 is 1.61 bits per heavy atom. The predicted molar refractivity (Wildman–Crippen MR) is 71.5 cm³/mol. The largest absolute Gasteiger partial charge is 0.297 e. The molecule has 1 N–H and O–H groups in total. The number of nitrogens with one attached hydrogen (secondary N) is 1. The molecule has 18 heavy (non-hydrogen) atoms. The van der Waals surface area contributed by atoms with E-state index in [-0.39, 0.29) is 17.9 Å². The van der Waals surface area contributed by atoms with E-state index in [1.54, 1.807) is 0 Å². The second-order valence-corrected chi connectivity index (χ2v) is 4.68. The van der Waals surface area contributed by atoms with Gasteiger partial charge in [-0.3, -0.25) is 10.1 Å². The quantitative estimate of drug-likeness (QED) is 0.824. The maximum Gasteiger partial charge on any atom is 0.184 e. The van der Waals surface area contributed by atoms with Crippen LogP contribution in [0.2, 0.25) is 0 Å². The molecule has 0 spiro atoms. The van der Waals surface area contributed by atoms with Gasteiger partial charge in [0.2, 0.25) is 0 Å². The van der Waals surface area contributed by atoms with Crippen molar-refractivity contribution in [3.63, 3.8) is 0 Å². The van der Waals surface area contributed by atoms with Crippen molar-refractivity contribution in [2.24, 2.45) is 0 Å². The fourth-order valence-corrected chi connectivity index (χ4v) is 2.56. The Hall–Kier alpha value is -1.93. The molecule has 2 aromatic rings. The third kappa shape index (κ3) is 1.75. The number of fused-ring (bicyclic) bond motifs is 1. The predicted octanol–water partition coefficient (Wildman–Crippen LogP) is 3.27. The minimum absolute atomic E-state index is 0.162. The zero-order valence-electron chi connectivity index (χ0n) is 10.3. The van der Waals surface area contributed by atoms with E-state index < -0.39 is 0 Å². The van der Waals surface area contributed by atoms with Gasteiger partial charge < -0.3 is 0 Å². The molecule has 2 aromatic carbocycles.